The van der Waals surface area contributed by atoms with Crippen LogP contribution < -0.4 is 0 Å². The Morgan fingerprint density at radius 2 is 1.92 bits per heavy atom. The second kappa shape index (κ2) is 4.43. The summed E-state index contributed by atoms with van der Waals surface area (Å²) in [4.78, 5) is 10.6. The quantitative estimate of drug-likeness (QED) is 0.578. The predicted octanol–water partition coefficient (Wildman–Crippen LogP) is 3.19. The molecule has 0 unspecified atom stereocenters. The molecule has 0 aliphatic heterocycles. The lowest BCUT2D eigenvalue weighted by Crippen LogP contribution is -1.83. The van der Waals surface area contributed by atoms with Gasteiger partial charge in [0, 0.05) is 0 Å². The highest BCUT2D eigenvalue weighted by Crippen LogP contribution is 2.14. The van der Waals surface area contributed by atoms with Crippen LogP contribution in [0.4, 0.5) is 0 Å². The van der Waals surface area contributed by atoms with E-state index in [9.17, 15) is 4.79 Å². The summed E-state index contributed by atoms with van der Waals surface area (Å²) in [5, 5.41) is -0.487. The first-order chi connectivity index (χ1) is 5.70. The lowest BCUT2D eigenvalue weighted by atomic mass is 10.2. The molecule has 0 spiro atoms. The summed E-state index contributed by atoms with van der Waals surface area (Å²) in [5.41, 5.74) is 0.943. The van der Waals surface area contributed by atoms with Gasteiger partial charge in [0.15, 0.2) is 0 Å². The number of hydrogen-bond donors (Lipinski definition) is 0. The second-order valence-electron chi connectivity index (χ2n) is 2.18. The highest BCUT2D eigenvalue weighted by atomic mass is 79.9. The van der Waals surface area contributed by atoms with E-state index in [4.69, 9.17) is 11.6 Å². The number of halogens is 2. The molecule has 1 nitrogen and oxygen atoms in total. The summed E-state index contributed by atoms with van der Waals surface area (Å²) in [6.07, 6.45) is 1.68. The first-order valence-corrected chi connectivity index (χ1v) is 4.49. The normalized spacial score (nSPS) is 11.3. The maximum atomic E-state index is 10.6. The molecule has 0 aliphatic rings. The van der Waals surface area contributed by atoms with E-state index in [0.29, 0.717) is 4.48 Å². The molecule has 62 valence electrons. The molecule has 0 saturated heterocycles. The van der Waals surface area contributed by atoms with E-state index in [-0.39, 0.29) is 0 Å². The van der Waals surface area contributed by atoms with Crippen LogP contribution in [0.1, 0.15) is 5.56 Å². The molecule has 0 atom stereocenters. The van der Waals surface area contributed by atoms with E-state index < -0.39 is 5.24 Å². The molecule has 0 amide bonds. The Kier molecular flexibility index (Phi) is 3.50. The molecule has 1 aromatic carbocycles. The molecular weight excluding hydrogens is 239 g/mol. The van der Waals surface area contributed by atoms with Crippen molar-refractivity contribution in [3.63, 3.8) is 0 Å². The van der Waals surface area contributed by atoms with Gasteiger partial charge in [-0.25, -0.2) is 0 Å². The molecule has 0 saturated carbocycles. The van der Waals surface area contributed by atoms with Gasteiger partial charge in [0.05, 0.1) is 4.48 Å². The van der Waals surface area contributed by atoms with Crippen molar-refractivity contribution in [2.24, 2.45) is 0 Å². The average Bonchev–Trinajstić information content (AvgIpc) is 2.06. The highest BCUT2D eigenvalue weighted by molar-refractivity contribution is 9.12. The van der Waals surface area contributed by atoms with Gasteiger partial charge in [-0.1, -0.05) is 30.3 Å². The van der Waals surface area contributed by atoms with Crippen LogP contribution in [0.5, 0.6) is 0 Å². The molecule has 3 heteroatoms. The van der Waals surface area contributed by atoms with Gasteiger partial charge < -0.3 is 0 Å². The van der Waals surface area contributed by atoms with Crippen molar-refractivity contribution in [1.82, 2.24) is 0 Å². The van der Waals surface area contributed by atoms with Gasteiger partial charge in [-0.2, -0.15) is 0 Å². The minimum Gasteiger partial charge on any atom is -0.275 e. The Morgan fingerprint density at radius 1 is 1.33 bits per heavy atom. The summed E-state index contributed by atoms with van der Waals surface area (Å²) in [7, 11) is 0. The molecule has 0 bridgehead atoms. The van der Waals surface area contributed by atoms with Crippen molar-refractivity contribution in [3.8, 4) is 0 Å². The molecule has 0 N–H and O–H groups in total. The lowest BCUT2D eigenvalue weighted by molar-refractivity contribution is -0.107. The molecule has 0 heterocycles. The van der Waals surface area contributed by atoms with E-state index in [2.05, 4.69) is 15.9 Å². The average molecular weight is 246 g/mol. The van der Waals surface area contributed by atoms with E-state index >= 15 is 0 Å². The van der Waals surface area contributed by atoms with E-state index in [1.807, 2.05) is 30.3 Å². The van der Waals surface area contributed by atoms with Crippen LogP contribution in [0.2, 0.25) is 0 Å². The Balaban J connectivity index is 2.89. The zero-order valence-electron chi connectivity index (χ0n) is 6.13. The van der Waals surface area contributed by atoms with Crippen LogP contribution in [-0.4, -0.2) is 5.24 Å². The zero-order chi connectivity index (χ0) is 8.97. The molecule has 0 radical (unpaired) electrons. The zero-order valence-corrected chi connectivity index (χ0v) is 8.47. The number of hydrogen-bond acceptors (Lipinski definition) is 1. The second-order valence-corrected chi connectivity index (χ2v) is 3.37. The Hall–Kier alpha value is -0.600. The van der Waals surface area contributed by atoms with E-state index in [0.717, 1.165) is 5.56 Å². The monoisotopic (exact) mass is 244 g/mol. The van der Waals surface area contributed by atoms with E-state index in [1.165, 1.54) is 0 Å². The SMILES string of the molecule is O=C(Cl)C(Br)=Cc1ccccc1. The molecule has 1 aromatic rings. The van der Waals surface area contributed by atoms with Crippen LogP contribution in [-0.2, 0) is 4.79 Å². The molecule has 1 rings (SSSR count). The third kappa shape index (κ3) is 2.80. The molecule has 0 aromatic heterocycles. The number of carbonyl (C=O) groups is 1. The summed E-state index contributed by atoms with van der Waals surface area (Å²) in [6, 6.07) is 9.48. The number of carbonyl (C=O) groups excluding carboxylic acids is 1. The topological polar surface area (TPSA) is 17.1 Å². The summed E-state index contributed by atoms with van der Waals surface area (Å²) in [6.45, 7) is 0. The maximum Gasteiger partial charge on any atom is 0.259 e. The molecule has 12 heavy (non-hydrogen) atoms. The van der Waals surface area contributed by atoms with Crippen molar-refractivity contribution in [1.29, 1.82) is 0 Å². The van der Waals surface area contributed by atoms with Gasteiger partial charge in [-0.15, -0.1) is 0 Å². The van der Waals surface area contributed by atoms with Gasteiger partial charge >= 0.3 is 0 Å². The van der Waals surface area contributed by atoms with Crippen molar-refractivity contribution < 1.29 is 4.79 Å². The largest absolute Gasteiger partial charge is 0.275 e. The van der Waals surface area contributed by atoms with Gasteiger partial charge in [0.25, 0.3) is 5.24 Å². The first kappa shape index (κ1) is 9.49. The fraction of sp³-hybridized carbons (Fsp3) is 0. The van der Waals surface area contributed by atoms with Crippen LogP contribution in [0.15, 0.2) is 34.8 Å². The third-order valence-corrected chi connectivity index (χ3v) is 2.30. The summed E-state index contributed by atoms with van der Waals surface area (Å²) < 4.78 is 0.371. The van der Waals surface area contributed by atoms with Crippen LogP contribution in [0.3, 0.4) is 0 Å². The van der Waals surface area contributed by atoms with Gasteiger partial charge in [0.2, 0.25) is 0 Å². The van der Waals surface area contributed by atoms with Gasteiger partial charge in [0.1, 0.15) is 0 Å². The fourth-order valence-corrected chi connectivity index (χ4v) is 1.07. The van der Waals surface area contributed by atoms with Crippen molar-refractivity contribution in [2.75, 3.05) is 0 Å². The maximum absolute atomic E-state index is 10.6. The lowest BCUT2D eigenvalue weighted by Gasteiger charge is -1.92. The minimum atomic E-state index is -0.487. The Labute approximate surface area is 84.2 Å². The fourth-order valence-electron chi connectivity index (χ4n) is 0.752. The number of benzene rings is 1. The predicted molar refractivity (Wildman–Crippen MR) is 54.2 cm³/mol. The molecule has 0 fully saturated rings. The van der Waals surface area contributed by atoms with Crippen molar-refractivity contribution in [2.45, 2.75) is 0 Å². The highest BCUT2D eigenvalue weighted by Gasteiger charge is 1.99. The smallest absolute Gasteiger partial charge is 0.259 e. The summed E-state index contributed by atoms with van der Waals surface area (Å²) >= 11 is 8.28. The van der Waals surface area contributed by atoms with Crippen LogP contribution in [0, 0.1) is 0 Å². The Bertz CT molecular complexity index is 306. The first-order valence-electron chi connectivity index (χ1n) is 3.32. The minimum absolute atomic E-state index is 0.371. The number of rotatable bonds is 2. The summed E-state index contributed by atoms with van der Waals surface area (Å²) in [5.74, 6) is 0. The Morgan fingerprint density at radius 3 is 2.42 bits per heavy atom. The molecule has 0 aliphatic carbocycles. The number of allylic oxidation sites excluding steroid dienone is 1. The van der Waals surface area contributed by atoms with E-state index in [1.54, 1.807) is 6.08 Å². The van der Waals surface area contributed by atoms with Gasteiger partial charge in [-0.05, 0) is 39.2 Å². The standard InChI is InChI=1S/C9H6BrClO/c10-8(9(11)12)6-7-4-2-1-3-5-7/h1-6H. The molecular formula is C9H6BrClO. The van der Waals surface area contributed by atoms with Crippen LogP contribution >= 0.6 is 27.5 Å². The van der Waals surface area contributed by atoms with Crippen LogP contribution in [0.25, 0.3) is 6.08 Å². The van der Waals surface area contributed by atoms with Gasteiger partial charge in [-0.3, -0.25) is 4.79 Å². The van der Waals surface area contributed by atoms with Crippen molar-refractivity contribution in [3.05, 3.63) is 40.4 Å². The van der Waals surface area contributed by atoms with Crippen molar-refractivity contribution >= 4 is 38.8 Å². The third-order valence-electron chi connectivity index (χ3n) is 1.28.